The summed E-state index contributed by atoms with van der Waals surface area (Å²) >= 11 is 12.5. The molecule has 5 rings (SSSR count). The molecule has 0 aliphatic heterocycles. The molecule has 2 amide bonds. The lowest BCUT2D eigenvalue weighted by Crippen LogP contribution is -2.23. The molecule has 0 bridgehead atoms. The van der Waals surface area contributed by atoms with E-state index in [0.29, 0.717) is 27.3 Å². The number of hydrogen-bond acceptors (Lipinski definition) is 8. The first-order valence-corrected chi connectivity index (χ1v) is 12.4. The lowest BCUT2D eigenvalue weighted by Gasteiger charge is -2.14. The molecule has 0 fully saturated rings. The Balaban J connectivity index is 1.54. The van der Waals surface area contributed by atoms with Gasteiger partial charge in [0.15, 0.2) is 5.82 Å². The molecule has 5 aromatic rings. The van der Waals surface area contributed by atoms with E-state index in [9.17, 15) is 19.7 Å². The number of hydrogen-bond donors (Lipinski definition) is 2. The molecule has 0 saturated heterocycles. The monoisotopic (exact) mass is 579 g/mol. The van der Waals surface area contributed by atoms with Crippen LogP contribution in [0.1, 0.15) is 32.1 Å². The van der Waals surface area contributed by atoms with E-state index in [0.717, 1.165) is 0 Å². The van der Waals surface area contributed by atoms with E-state index in [-0.39, 0.29) is 40.0 Å². The van der Waals surface area contributed by atoms with Crippen molar-refractivity contribution in [1.82, 2.24) is 35.1 Å². The quantitative estimate of drug-likeness (QED) is 0.214. The number of benzene rings is 2. The maximum Gasteiger partial charge on any atom is 0.274 e. The Morgan fingerprint density at radius 3 is 2.52 bits per heavy atom. The molecule has 0 atom stereocenters. The third-order valence-electron chi connectivity index (χ3n) is 5.86. The molecule has 3 aromatic heterocycles. The number of aromatic nitrogens is 6. The summed E-state index contributed by atoms with van der Waals surface area (Å²) in [4.78, 5) is 42.3. The molecular formula is C25H19Cl2N9O4. The second-order valence-electron chi connectivity index (χ2n) is 8.58. The average molecular weight is 580 g/mol. The van der Waals surface area contributed by atoms with Crippen molar-refractivity contribution in [2.75, 3.05) is 12.4 Å². The van der Waals surface area contributed by atoms with E-state index < -0.39 is 16.7 Å². The van der Waals surface area contributed by atoms with Crippen LogP contribution in [0.3, 0.4) is 0 Å². The van der Waals surface area contributed by atoms with Gasteiger partial charge in [-0.25, -0.2) is 9.67 Å². The molecule has 0 aliphatic rings. The van der Waals surface area contributed by atoms with Crippen LogP contribution in [0, 0.1) is 17.0 Å². The van der Waals surface area contributed by atoms with Gasteiger partial charge in [-0.15, -0.1) is 0 Å². The van der Waals surface area contributed by atoms with Gasteiger partial charge in [0.25, 0.3) is 17.5 Å². The zero-order valence-electron chi connectivity index (χ0n) is 20.9. The smallest absolute Gasteiger partial charge is 0.274 e. The first kappa shape index (κ1) is 26.7. The summed E-state index contributed by atoms with van der Waals surface area (Å²) in [7, 11) is 1.47. The minimum absolute atomic E-state index is 0.0314. The molecule has 0 spiro atoms. The number of amides is 2. The van der Waals surface area contributed by atoms with Crippen molar-refractivity contribution >= 4 is 57.4 Å². The number of rotatable bonds is 7. The SMILES string of the molecule is CNC(=O)c1cc(Cl)cc(C)c1NC(=O)c1cc(Cn2nc3ccc([N+](=O)[O-])cc3n2)nn1-c1ncccc1Cl. The normalized spacial score (nSPS) is 11.0. The largest absolute Gasteiger partial charge is 0.355 e. The van der Waals surface area contributed by atoms with E-state index in [1.54, 1.807) is 25.1 Å². The number of aryl methyl sites for hydroxylation is 1. The molecule has 2 N–H and O–H groups in total. The number of halogens is 2. The van der Waals surface area contributed by atoms with Crippen molar-refractivity contribution in [3.8, 4) is 5.82 Å². The van der Waals surface area contributed by atoms with Crippen molar-refractivity contribution < 1.29 is 14.5 Å². The van der Waals surface area contributed by atoms with Crippen molar-refractivity contribution in [3.63, 3.8) is 0 Å². The summed E-state index contributed by atoms with van der Waals surface area (Å²) in [5, 5.41) is 30.2. The van der Waals surface area contributed by atoms with Gasteiger partial charge in [-0.05, 0) is 48.9 Å². The standard InChI is InChI=1S/C25H19Cl2N9O4/c1-13-8-14(26)9-17(24(37)28-2)22(13)30-25(38)21-10-15(31-35(21)23-18(27)4-3-7-29-23)12-34-32-19-6-5-16(36(39)40)11-20(19)33-34/h3-11H,12H2,1-2H3,(H,28,37)(H,30,38). The predicted octanol–water partition coefficient (Wildman–Crippen LogP) is 4.20. The van der Waals surface area contributed by atoms with Gasteiger partial charge in [0.2, 0.25) is 0 Å². The summed E-state index contributed by atoms with van der Waals surface area (Å²) in [6.45, 7) is 1.74. The van der Waals surface area contributed by atoms with E-state index in [2.05, 4.69) is 30.9 Å². The number of nitrogens with one attached hydrogen (secondary N) is 2. The predicted molar refractivity (Wildman–Crippen MR) is 147 cm³/mol. The number of anilines is 1. The second kappa shape index (κ2) is 10.7. The van der Waals surface area contributed by atoms with Gasteiger partial charge in [0, 0.05) is 30.4 Å². The molecule has 0 aliphatic carbocycles. The molecule has 3 heterocycles. The number of nitrogens with zero attached hydrogens (tertiary/aromatic N) is 7. The van der Waals surface area contributed by atoms with E-state index in [4.69, 9.17) is 23.2 Å². The topological polar surface area (TPSA) is 163 Å². The van der Waals surface area contributed by atoms with Gasteiger partial charge < -0.3 is 10.6 Å². The Bertz CT molecular complexity index is 1820. The van der Waals surface area contributed by atoms with Crippen molar-refractivity contribution in [2.24, 2.45) is 0 Å². The van der Waals surface area contributed by atoms with E-state index in [1.807, 2.05) is 0 Å². The Kier molecular flexibility index (Phi) is 7.15. The van der Waals surface area contributed by atoms with Gasteiger partial charge in [-0.2, -0.15) is 20.1 Å². The average Bonchev–Trinajstić information content (AvgIpc) is 3.53. The molecule has 2 aromatic carbocycles. The van der Waals surface area contributed by atoms with Crippen LogP contribution in [-0.4, -0.2) is 53.5 Å². The highest BCUT2D eigenvalue weighted by Crippen LogP contribution is 2.27. The van der Waals surface area contributed by atoms with Gasteiger partial charge in [0.1, 0.15) is 23.3 Å². The lowest BCUT2D eigenvalue weighted by atomic mass is 10.1. The molecule has 15 heteroatoms. The molecule has 40 heavy (non-hydrogen) atoms. The van der Waals surface area contributed by atoms with E-state index >= 15 is 0 Å². The van der Waals surface area contributed by atoms with Crippen molar-refractivity contribution in [1.29, 1.82) is 0 Å². The van der Waals surface area contributed by atoms with Gasteiger partial charge >= 0.3 is 0 Å². The lowest BCUT2D eigenvalue weighted by molar-refractivity contribution is -0.384. The van der Waals surface area contributed by atoms with Crippen LogP contribution in [0.25, 0.3) is 16.9 Å². The fourth-order valence-electron chi connectivity index (χ4n) is 4.04. The minimum atomic E-state index is -0.592. The van der Waals surface area contributed by atoms with Gasteiger partial charge in [-0.3, -0.25) is 19.7 Å². The molecule has 0 radical (unpaired) electrons. The van der Waals surface area contributed by atoms with Crippen molar-refractivity contribution in [2.45, 2.75) is 13.5 Å². The Hall–Kier alpha value is -4.88. The third-order valence-corrected chi connectivity index (χ3v) is 6.38. The number of fused-ring (bicyclic) bond motifs is 1. The van der Waals surface area contributed by atoms with Crippen LogP contribution in [0.2, 0.25) is 10.0 Å². The zero-order chi connectivity index (χ0) is 28.6. The van der Waals surface area contributed by atoms with Crippen LogP contribution in [-0.2, 0) is 6.54 Å². The number of carbonyl (C=O) groups is 2. The molecule has 13 nitrogen and oxygen atoms in total. The van der Waals surface area contributed by atoms with Crippen LogP contribution in [0.15, 0.2) is 54.7 Å². The highest BCUT2D eigenvalue weighted by atomic mass is 35.5. The first-order chi connectivity index (χ1) is 19.1. The number of pyridine rings is 1. The third kappa shape index (κ3) is 5.19. The van der Waals surface area contributed by atoms with Gasteiger partial charge in [-0.1, -0.05) is 23.2 Å². The molecular weight excluding hydrogens is 561 g/mol. The van der Waals surface area contributed by atoms with Crippen LogP contribution in [0.4, 0.5) is 11.4 Å². The maximum absolute atomic E-state index is 13.6. The second-order valence-corrected chi connectivity index (χ2v) is 9.42. The molecule has 202 valence electrons. The fraction of sp³-hybridized carbons (Fsp3) is 0.120. The van der Waals surface area contributed by atoms with Crippen LogP contribution >= 0.6 is 23.2 Å². The summed E-state index contributed by atoms with van der Waals surface area (Å²) in [5.74, 6) is -0.820. The van der Waals surface area contributed by atoms with E-state index in [1.165, 1.54) is 53.1 Å². The van der Waals surface area contributed by atoms with Crippen LogP contribution < -0.4 is 10.6 Å². The molecule has 0 unspecified atom stereocenters. The fourth-order valence-corrected chi connectivity index (χ4v) is 4.52. The summed E-state index contributed by atoms with van der Waals surface area (Å²) in [6.07, 6.45) is 1.51. The first-order valence-electron chi connectivity index (χ1n) is 11.7. The molecule has 0 saturated carbocycles. The number of non-ortho nitro benzene ring substituents is 1. The number of nitro benzene ring substituents is 1. The number of nitro groups is 1. The Labute approximate surface area is 235 Å². The maximum atomic E-state index is 13.6. The summed E-state index contributed by atoms with van der Waals surface area (Å²) in [5.41, 5.74) is 2.15. The summed E-state index contributed by atoms with van der Waals surface area (Å²) < 4.78 is 1.28. The summed E-state index contributed by atoms with van der Waals surface area (Å²) in [6, 6.07) is 12.0. The van der Waals surface area contributed by atoms with Crippen molar-refractivity contribution in [3.05, 3.63) is 97.4 Å². The highest BCUT2D eigenvalue weighted by Gasteiger charge is 2.23. The Morgan fingerprint density at radius 1 is 1.02 bits per heavy atom. The zero-order valence-corrected chi connectivity index (χ0v) is 22.4. The minimum Gasteiger partial charge on any atom is -0.355 e. The highest BCUT2D eigenvalue weighted by molar-refractivity contribution is 6.32. The van der Waals surface area contributed by atoms with Crippen LogP contribution in [0.5, 0.6) is 0 Å². The Morgan fingerprint density at radius 2 is 1.80 bits per heavy atom. The van der Waals surface area contributed by atoms with Gasteiger partial charge in [0.05, 0.1) is 26.9 Å². The number of carbonyl (C=O) groups excluding carboxylic acids is 2.